The van der Waals surface area contributed by atoms with Crippen molar-refractivity contribution in [2.45, 2.75) is 47.1 Å². The lowest BCUT2D eigenvalue weighted by atomic mass is 10.1. The number of hydrogen-bond donors (Lipinski definition) is 2. The molecular formula is C14H26N4O. The molecule has 1 rings (SSSR count). The van der Waals surface area contributed by atoms with Crippen molar-refractivity contribution in [1.82, 2.24) is 15.8 Å². The first-order chi connectivity index (χ1) is 9.12. The Labute approximate surface area is 115 Å². The molecule has 0 aliphatic heterocycles. The highest BCUT2D eigenvalue weighted by atomic mass is 16.5. The predicted molar refractivity (Wildman–Crippen MR) is 78.3 cm³/mol. The van der Waals surface area contributed by atoms with E-state index < -0.39 is 0 Å². The Morgan fingerprint density at radius 3 is 2.53 bits per heavy atom. The van der Waals surface area contributed by atoms with Crippen LogP contribution < -0.4 is 10.6 Å². The van der Waals surface area contributed by atoms with Crippen molar-refractivity contribution in [2.75, 3.05) is 13.6 Å². The van der Waals surface area contributed by atoms with Gasteiger partial charge in [-0.15, -0.1) is 0 Å². The average molecular weight is 266 g/mol. The number of guanidine groups is 1. The van der Waals surface area contributed by atoms with Crippen molar-refractivity contribution in [3.63, 3.8) is 0 Å². The molecule has 0 bridgehead atoms. The van der Waals surface area contributed by atoms with Gasteiger partial charge in [-0.05, 0) is 12.3 Å². The minimum atomic E-state index is 0.589. The Kier molecular flexibility index (Phi) is 6.39. The van der Waals surface area contributed by atoms with Crippen LogP contribution in [-0.2, 0) is 19.4 Å². The van der Waals surface area contributed by atoms with E-state index in [9.17, 15) is 0 Å². The molecule has 108 valence electrons. The van der Waals surface area contributed by atoms with E-state index in [1.54, 1.807) is 7.05 Å². The zero-order valence-electron chi connectivity index (χ0n) is 12.7. The average Bonchev–Trinajstić information content (AvgIpc) is 2.80. The summed E-state index contributed by atoms with van der Waals surface area (Å²) >= 11 is 0. The van der Waals surface area contributed by atoms with Crippen LogP contribution in [0.15, 0.2) is 9.52 Å². The molecule has 5 heteroatoms. The van der Waals surface area contributed by atoms with E-state index in [1.165, 1.54) is 0 Å². The molecule has 19 heavy (non-hydrogen) atoms. The number of hydrogen-bond acceptors (Lipinski definition) is 3. The van der Waals surface area contributed by atoms with Gasteiger partial charge in [-0.2, -0.15) is 0 Å². The van der Waals surface area contributed by atoms with Gasteiger partial charge >= 0.3 is 0 Å². The van der Waals surface area contributed by atoms with E-state index in [-0.39, 0.29) is 0 Å². The van der Waals surface area contributed by atoms with Crippen molar-refractivity contribution >= 4 is 5.96 Å². The summed E-state index contributed by atoms with van der Waals surface area (Å²) in [4.78, 5) is 4.21. The molecular weight excluding hydrogens is 240 g/mol. The van der Waals surface area contributed by atoms with Gasteiger partial charge < -0.3 is 15.2 Å². The van der Waals surface area contributed by atoms with Crippen LogP contribution in [0.25, 0.3) is 0 Å². The SMILES string of the molecule is CCc1noc(CC)c1CNC(=NC)NCC(C)C. The van der Waals surface area contributed by atoms with Crippen LogP contribution in [0.2, 0.25) is 0 Å². The Bertz CT molecular complexity index is 388. The summed E-state index contributed by atoms with van der Waals surface area (Å²) in [5.41, 5.74) is 2.20. The fourth-order valence-electron chi connectivity index (χ4n) is 1.83. The van der Waals surface area contributed by atoms with Crippen LogP contribution in [0.1, 0.15) is 44.7 Å². The van der Waals surface area contributed by atoms with E-state index in [0.717, 1.165) is 42.4 Å². The largest absolute Gasteiger partial charge is 0.361 e. The van der Waals surface area contributed by atoms with Gasteiger partial charge in [0.1, 0.15) is 5.76 Å². The number of aryl methyl sites for hydroxylation is 2. The quantitative estimate of drug-likeness (QED) is 0.611. The molecule has 0 atom stereocenters. The number of nitrogens with one attached hydrogen (secondary N) is 2. The zero-order chi connectivity index (χ0) is 14.3. The molecule has 0 aromatic carbocycles. The lowest BCUT2D eigenvalue weighted by molar-refractivity contribution is 0.380. The minimum absolute atomic E-state index is 0.589. The minimum Gasteiger partial charge on any atom is -0.361 e. The lowest BCUT2D eigenvalue weighted by Gasteiger charge is -2.13. The second-order valence-electron chi connectivity index (χ2n) is 4.94. The molecule has 5 nitrogen and oxygen atoms in total. The van der Waals surface area contributed by atoms with Gasteiger partial charge in [-0.1, -0.05) is 32.9 Å². The fraction of sp³-hybridized carbons (Fsp3) is 0.714. The van der Waals surface area contributed by atoms with E-state index in [4.69, 9.17) is 4.52 Å². The zero-order valence-corrected chi connectivity index (χ0v) is 12.7. The molecule has 0 saturated carbocycles. The number of nitrogens with zero attached hydrogens (tertiary/aromatic N) is 2. The maximum absolute atomic E-state index is 5.35. The van der Waals surface area contributed by atoms with Gasteiger partial charge in [0.25, 0.3) is 0 Å². The summed E-state index contributed by atoms with van der Waals surface area (Å²) in [6, 6.07) is 0. The molecule has 0 aliphatic rings. The van der Waals surface area contributed by atoms with Crippen molar-refractivity contribution < 1.29 is 4.52 Å². The number of aliphatic imine (C=N–C) groups is 1. The first kappa shape index (κ1) is 15.5. The van der Waals surface area contributed by atoms with Crippen molar-refractivity contribution in [3.8, 4) is 0 Å². The topological polar surface area (TPSA) is 62.5 Å². The summed E-state index contributed by atoms with van der Waals surface area (Å²) < 4.78 is 5.35. The monoisotopic (exact) mass is 266 g/mol. The summed E-state index contributed by atoms with van der Waals surface area (Å²) in [7, 11) is 1.78. The van der Waals surface area contributed by atoms with Gasteiger partial charge in [-0.25, -0.2) is 0 Å². The summed E-state index contributed by atoms with van der Waals surface area (Å²) in [6.07, 6.45) is 1.75. The highest BCUT2D eigenvalue weighted by Gasteiger charge is 2.13. The van der Waals surface area contributed by atoms with Gasteiger partial charge in [0.05, 0.1) is 5.69 Å². The fourth-order valence-corrected chi connectivity index (χ4v) is 1.83. The van der Waals surface area contributed by atoms with Crippen LogP contribution >= 0.6 is 0 Å². The summed E-state index contributed by atoms with van der Waals surface area (Å²) in [5, 5.41) is 10.7. The van der Waals surface area contributed by atoms with E-state index >= 15 is 0 Å². The predicted octanol–water partition coefficient (Wildman–Crippen LogP) is 2.12. The molecule has 0 radical (unpaired) electrons. The van der Waals surface area contributed by atoms with Crippen molar-refractivity contribution in [3.05, 3.63) is 17.0 Å². The first-order valence-corrected chi connectivity index (χ1v) is 7.03. The molecule has 1 heterocycles. The maximum Gasteiger partial charge on any atom is 0.191 e. The molecule has 0 fully saturated rings. The Morgan fingerprint density at radius 1 is 1.26 bits per heavy atom. The summed E-state index contributed by atoms with van der Waals surface area (Å²) in [6.45, 7) is 10.1. The molecule has 1 aromatic heterocycles. The Hall–Kier alpha value is -1.52. The van der Waals surface area contributed by atoms with Gasteiger partial charge in [-0.3, -0.25) is 4.99 Å². The van der Waals surface area contributed by atoms with Crippen LogP contribution in [-0.4, -0.2) is 24.7 Å². The normalized spacial score (nSPS) is 12.0. The Morgan fingerprint density at radius 2 is 2.00 bits per heavy atom. The second-order valence-corrected chi connectivity index (χ2v) is 4.94. The number of aromatic nitrogens is 1. The standard InChI is InChI=1S/C14H26N4O/c1-6-12-11(13(7-2)19-18-12)9-17-14(15-5)16-8-10(3)4/h10H,6-9H2,1-5H3,(H2,15,16,17). The first-order valence-electron chi connectivity index (χ1n) is 7.03. The second kappa shape index (κ2) is 7.81. The highest BCUT2D eigenvalue weighted by molar-refractivity contribution is 5.79. The Balaban J connectivity index is 2.62. The molecule has 0 saturated heterocycles. The molecule has 0 amide bonds. The molecule has 0 spiro atoms. The third-order valence-electron chi connectivity index (χ3n) is 2.94. The molecule has 0 aliphatic carbocycles. The third kappa shape index (κ3) is 4.58. The van der Waals surface area contributed by atoms with E-state index in [1.807, 2.05) is 0 Å². The molecule has 2 N–H and O–H groups in total. The van der Waals surface area contributed by atoms with Gasteiger partial charge in [0.15, 0.2) is 5.96 Å². The van der Waals surface area contributed by atoms with Crippen molar-refractivity contribution in [1.29, 1.82) is 0 Å². The van der Waals surface area contributed by atoms with E-state index in [0.29, 0.717) is 12.5 Å². The van der Waals surface area contributed by atoms with Crippen LogP contribution in [0.4, 0.5) is 0 Å². The lowest BCUT2D eigenvalue weighted by Crippen LogP contribution is -2.38. The van der Waals surface area contributed by atoms with Crippen LogP contribution in [0, 0.1) is 5.92 Å². The molecule has 1 aromatic rings. The summed E-state index contributed by atoms with van der Waals surface area (Å²) in [5.74, 6) is 2.37. The van der Waals surface area contributed by atoms with E-state index in [2.05, 4.69) is 48.5 Å². The maximum atomic E-state index is 5.35. The van der Waals surface area contributed by atoms with Crippen LogP contribution in [0.5, 0.6) is 0 Å². The smallest absolute Gasteiger partial charge is 0.191 e. The van der Waals surface area contributed by atoms with Crippen molar-refractivity contribution in [2.24, 2.45) is 10.9 Å². The third-order valence-corrected chi connectivity index (χ3v) is 2.94. The molecule has 0 unspecified atom stereocenters. The highest BCUT2D eigenvalue weighted by Crippen LogP contribution is 2.15. The van der Waals surface area contributed by atoms with Crippen LogP contribution in [0.3, 0.4) is 0 Å². The van der Waals surface area contributed by atoms with Gasteiger partial charge in [0, 0.05) is 32.1 Å². The number of rotatable bonds is 6. The van der Waals surface area contributed by atoms with Gasteiger partial charge in [0.2, 0.25) is 0 Å².